The van der Waals surface area contributed by atoms with Crippen LogP contribution in [0.2, 0.25) is 0 Å². The van der Waals surface area contributed by atoms with Crippen LogP contribution >= 0.6 is 11.8 Å². The van der Waals surface area contributed by atoms with E-state index < -0.39 is 0 Å². The fraction of sp³-hybridized carbons (Fsp3) is 0.188. The summed E-state index contributed by atoms with van der Waals surface area (Å²) in [5, 5.41) is 8.89. The van der Waals surface area contributed by atoms with Crippen molar-refractivity contribution in [2.24, 2.45) is 14.1 Å². The molecule has 7 heteroatoms. The maximum atomic E-state index is 13.0. The van der Waals surface area contributed by atoms with Gasteiger partial charge < -0.3 is 9.13 Å². The molecule has 0 N–H and O–H groups in total. The first-order valence-corrected chi connectivity index (χ1v) is 7.97. The molecule has 0 unspecified atom stereocenters. The Hall–Kier alpha value is -2.41. The second-order valence-electron chi connectivity index (χ2n) is 5.09. The quantitative estimate of drug-likeness (QED) is 0.533. The Bertz CT molecular complexity index is 838. The van der Waals surface area contributed by atoms with Crippen LogP contribution in [-0.4, -0.2) is 30.9 Å². The second-order valence-corrected chi connectivity index (χ2v) is 6.03. The molecule has 0 aliphatic carbocycles. The first kappa shape index (κ1) is 15.5. The summed E-state index contributed by atoms with van der Waals surface area (Å²) in [6.45, 7) is 0. The van der Waals surface area contributed by atoms with Crippen molar-refractivity contribution in [3.8, 4) is 11.4 Å². The van der Waals surface area contributed by atoms with Crippen LogP contribution in [0.25, 0.3) is 11.4 Å². The smallest absolute Gasteiger partial charge is 0.191 e. The first-order chi connectivity index (χ1) is 11.1. The van der Waals surface area contributed by atoms with E-state index in [-0.39, 0.29) is 17.4 Å². The number of nitrogens with zero attached hydrogens (tertiary/aromatic N) is 4. The van der Waals surface area contributed by atoms with Crippen molar-refractivity contribution in [3.05, 3.63) is 54.1 Å². The van der Waals surface area contributed by atoms with E-state index in [0.29, 0.717) is 16.7 Å². The van der Waals surface area contributed by atoms with Gasteiger partial charge in [-0.1, -0.05) is 11.8 Å². The summed E-state index contributed by atoms with van der Waals surface area (Å²) in [5.41, 5.74) is 1.44. The number of aromatic nitrogens is 4. The number of halogens is 1. The van der Waals surface area contributed by atoms with Gasteiger partial charge in [-0.05, 0) is 36.4 Å². The molecule has 0 amide bonds. The van der Waals surface area contributed by atoms with Gasteiger partial charge in [0.2, 0.25) is 0 Å². The highest BCUT2D eigenvalue weighted by Gasteiger charge is 2.15. The summed E-state index contributed by atoms with van der Waals surface area (Å²) in [7, 11) is 3.67. The molecule has 5 nitrogen and oxygen atoms in total. The van der Waals surface area contributed by atoms with E-state index in [1.807, 2.05) is 26.4 Å². The number of carbonyl (C=O) groups is 1. The molecule has 0 spiro atoms. The highest BCUT2D eigenvalue weighted by Crippen LogP contribution is 2.23. The number of aryl methyl sites for hydroxylation is 1. The van der Waals surface area contributed by atoms with E-state index in [1.54, 1.807) is 27.3 Å². The zero-order chi connectivity index (χ0) is 16.4. The van der Waals surface area contributed by atoms with Gasteiger partial charge in [-0.3, -0.25) is 4.79 Å². The van der Waals surface area contributed by atoms with Gasteiger partial charge in [-0.2, -0.15) is 0 Å². The van der Waals surface area contributed by atoms with Crippen molar-refractivity contribution in [1.29, 1.82) is 0 Å². The molecule has 0 atom stereocenters. The molecule has 0 aliphatic heterocycles. The Morgan fingerprint density at radius 2 is 1.91 bits per heavy atom. The fourth-order valence-corrected chi connectivity index (χ4v) is 3.03. The molecule has 0 saturated carbocycles. The van der Waals surface area contributed by atoms with E-state index in [4.69, 9.17) is 0 Å². The van der Waals surface area contributed by atoms with Crippen LogP contribution < -0.4 is 0 Å². The van der Waals surface area contributed by atoms with Gasteiger partial charge in [-0.25, -0.2) is 4.39 Å². The van der Waals surface area contributed by atoms with Crippen LogP contribution in [0.1, 0.15) is 10.5 Å². The topological polar surface area (TPSA) is 52.7 Å². The third-order valence-corrected chi connectivity index (χ3v) is 4.52. The Morgan fingerprint density at radius 1 is 1.17 bits per heavy atom. The van der Waals surface area contributed by atoms with Crippen LogP contribution in [0.4, 0.5) is 4.39 Å². The lowest BCUT2D eigenvalue weighted by Crippen LogP contribution is -2.08. The SMILES string of the molecule is Cn1cccc1C(=O)CSc1nnc(-c2ccc(F)cc2)n1C. The molecule has 3 aromatic rings. The Kier molecular flexibility index (Phi) is 4.29. The lowest BCUT2D eigenvalue weighted by atomic mass is 10.2. The predicted molar refractivity (Wildman–Crippen MR) is 86.9 cm³/mol. The van der Waals surface area contributed by atoms with Crippen LogP contribution in [0.15, 0.2) is 47.8 Å². The number of Topliss-reactive ketones (excluding diaryl/α,β-unsaturated/α-hetero) is 1. The average molecular weight is 330 g/mol. The molecule has 2 heterocycles. The number of rotatable bonds is 5. The minimum Gasteiger partial charge on any atom is -0.348 e. The Labute approximate surface area is 137 Å². The number of benzene rings is 1. The maximum absolute atomic E-state index is 13.0. The molecule has 0 saturated heterocycles. The van der Waals surface area contributed by atoms with Crippen molar-refractivity contribution in [3.63, 3.8) is 0 Å². The minimum absolute atomic E-state index is 0.0360. The summed E-state index contributed by atoms with van der Waals surface area (Å²) in [6, 6.07) is 9.72. The molecule has 1 aromatic carbocycles. The van der Waals surface area contributed by atoms with Crippen LogP contribution in [0, 0.1) is 5.82 Å². The van der Waals surface area contributed by atoms with E-state index in [0.717, 1.165) is 5.56 Å². The molecule has 0 radical (unpaired) electrons. The molecule has 23 heavy (non-hydrogen) atoms. The zero-order valence-electron chi connectivity index (χ0n) is 12.7. The standard InChI is InChI=1S/C16H15FN4OS/c1-20-9-3-4-13(20)14(22)10-23-16-19-18-15(21(16)2)11-5-7-12(17)8-6-11/h3-9H,10H2,1-2H3. The van der Waals surface area contributed by atoms with E-state index in [2.05, 4.69) is 10.2 Å². The van der Waals surface area contributed by atoms with Crippen molar-refractivity contribution < 1.29 is 9.18 Å². The van der Waals surface area contributed by atoms with Crippen LogP contribution in [0.3, 0.4) is 0 Å². The summed E-state index contributed by atoms with van der Waals surface area (Å²) in [4.78, 5) is 12.2. The summed E-state index contributed by atoms with van der Waals surface area (Å²) in [6.07, 6.45) is 1.84. The van der Waals surface area contributed by atoms with E-state index >= 15 is 0 Å². The van der Waals surface area contributed by atoms with Crippen LogP contribution in [-0.2, 0) is 14.1 Å². The van der Waals surface area contributed by atoms with Gasteiger partial charge >= 0.3 is 0 Å². The van der Waals surface area contributed by atoms with Crippen molar-refractivity contribution in [1.82, 2.24) is 19.3 Å². The van der Waals surface area contributed by atoms with Crippen LogP contribution in [0.5, 0.6) is 0 Å². The molecular formula is C16H15FN4OS. The number of hydrogen-bond acceptors (Lipinski definition) is 4. The van der Waals surface area contributed by atoms with Gasteiger partial charge in [0.05, 0.1) is 11.4 Å². The van der Waals surface area contributed by atoms with Crippen molar-refractivity contribution in [2.75, 3.05) is 5.75 Å². The summed E-state index contributed by atoms with van der Waals surface area (Å²) >= 11 is 1.33. The number of carbonyl (C=O) groups excluding carboxylic acids is 1. The largest absolute Gasteiger partial charge is 0.348 e. The summed E-state index contributed by atoms with van der Waals surface area (Å²) < 4.78 is 16.6. The number of thioether (sulfide) groups is 1. The number of hydrogen-bond donors (Lipinski definition) is 0. The molecule has 2 aromatic heterocycles. The molecule has 0 fully saturated rings. The monoisotopic (exact) mass is 330 g/mol. The Morgan fingerprint density at radius 3 is 2.57 bits per heavy atom. The van der Waals surface area contributed by atoms with E-state index in [1.165, 1.54) is 23.9 Å². The van der Waals surface area contributed by atoms with E-state index in [9.17, 15) is 9.18 Å². The lowest BCUT2D eigenvalue weighted by molar-refractivity contribution is 0.101. The van der Waals surface area contributed by atoms with Gasteiger partial charge in [0, 0.05) is 25.9 Å². The molecule has 3 rings (SSSR count). The highest BCUT2D eigenvalue weighted by molar-refractivity contribution is 7.99. The minimum atomic E-state index is -0.293. The lowest BCUT2D eigenvalue weighted by Gasteiger charge is -2.04. The van der Waals surface area contributed by atoms with Gasteiger partial charge in [0.25, 0.3) is 0 Å². The zero-order valence-corrected chi connectivity index (χ0v) is 13.5. The maximum Gasteiger partial charge on any atom is 0.191 e. The van der Waals surface area contributed by atoms with Gasteiger partial charge in [0.1, 0.15) is 5.82 Å². The third kappa shape index (κ3) is 3.19. The highest BCUT2D eigenvalue weighted by atomic mass is 32.2. The number of ketones is 1. The van der Waals surface area contributed by atoms with Gasteiger partial charge in [0.15, 0.2) is 16.8 Å². The summed E-state index contributed by atoms with van der Waals surface area (Å²) in [5.74, 6) is 0.666. The van der Waals surface area contributed by atoms with Crippen molar-refractivity contribution >= 4 is 17.5 Å². The predicted octanol–water partition coefficient (Wildman–Crippen LogP) is 2.93. The first-order valence-electron chi connectivity index (χ1n) is 6.99. The average Bonchev–Trinajstić information content (AvgIpc) is 3.12. The second kappa shape index (κ2) is 6.37. The molecule has 0 aliphatic rings. The van der Waals surface area contributed by atoms with Gasteiger partial charge in [-0.15, -0.1) is 10.2 Å². The molecular weight excluding hydrogens is 315 g/mol. The molecule has 0 bridgehead atoms. The van der Waals surface area contributed by atoms with Crippen molar-refractivity contribution in [2.45, 2.75) is 5.16 Å². The third-order valence-electron chi connectivity index (χ3n) is 3.50. The normalized spacial score (nSPS) is 10.9. The Balaban J connectivity index is 1.74. The fourth-order valence-electron chi connectivity index (χ4n) is 2.25. The molecule has 118 valence electrons.